The van der Waals surface area contributed by atoms with Crippen LogP contribution in [0.15, 0.2) is 17.3 Å². The highest BCUT2D eigenvalue weighted by Gasteiger charge is 1.92. The number of thioether (sulfide) groups is 1. The van der Waals surface area contributed by atoms with Crippen molar-refractivity contribution >= 4 is 18.0 Å². The molecule has 1 rings (SSSR count). The first-order valence-electron chi connectivity index (χ1n) is 2.68. The number of hydrogen-bond donors (Lipinski definition) is 0. The molecule has 0 unspecified atom stereocenters. The quantitative estimate of drug-likeness (QED) is 0.471. The smallest absolute Gasteiger partial charge is 0.192 e. The molecule has 4 heteroatoms. The molecule has 0 spiro atoms. The number of nitrogens with zero attached hydrogens (tertiary/aromatic N) is 2. The van der Waals surface area contributed by atoms with Crippen molar-refractivity contribution in [1.82, 2.24) is 9.97 Å². The Bertz CT molecular complexity index is 222. The van der Waals surface area contributed by atoms with Gasteiger partial charge in [-0.25, -0.2) is 9.97 Å². The van der Waals surface area contributed by atoms with Crippen molar-refractivity contribution in [2.75, 3.05) is 6.26 Å². The molecule has 0 saturated heterocycles. The minimum atomic E-state index is 0.234. The number of carbonyl (C=O) groups is 1. The van der Waals surface area contributed by atoms with Crippen molar-refractivity contribution in [1.29, 1.82) is 0 Å². The largest absolute Gasteiger partial charge is 0.294 e. The van der Waals surface area contributed by atoms with Crippen molar-refractivity contribution in [3.63, 3.8) is 0 Å². The maximum Gasteiger partial charge on any atom is 0.192 e. The Morgan fingerprint density at radius 1 is 1.50 bits per heavy atom. The summed E-state index contributed by atoms with van der Waals surface area (Å²) in [5.74, 6) is 0.234. The van der Waals surface area contributed by atoms with Crippen LogP contribution in [0.3, 0.4) is 0 Å². The Morgan fingerprint density at radius 2 is 2.10 bits per heavy atom. The summed E-state index contributed by atoms with van der Waals surface area (Å²) in [6.07, 6.45) is 5.81. The molecule has 1 aromatic heterocycles. The number of aromatic nitrogens is 2. The third-order valence-corrected chi connectivity index (χ3v) is 1.67. The fraction of sp³-hybridized carbons (Fsp3) is 0.167. The van der Waals surface area contributed by atoms with Crippen LogP contribution >= 0.6 is 11.8 Å². The van der Waals surface area contributed by atoms with Gasteiger partial charge in [0.05, 0.1) is 0 Å². The molecule has 0 bridgehead atoms. The van der Waals surface area contributed by atoms with E-state index in [1.165, 1.54) is 0 Å². The highest BCUT2D eigenvalue weighted by atomic mass is 32.2. The lowest BCUT2D eigenvalue weighted by atomic mass is 10.6. The molecule has 0 aromatic carbocycles. The van der Waals surface area contributed by atoms with Crippen molar-refractivity contribution in [3.8, 4) is 0 Å². The molecular formula is C6H6N2OS. The lowest BCUT2D eigenvalue weighted by molar-refractivity contribution is 0.111. The van der Waals surface area contributed by atoms with Crippen LogP contribution in [-0.2, 0) is 0 Å². The molecule has 0 saturated carbocycles. The van der Waals surface area contributed by atoms with Gasteiger partial charge in [0.2, 0.25) is 0 Å². The Balaban J connectivity index is 2.90. The zero-order chi connectivity index (χ0) is 7.40. The zero-order valence-electron chi connectivity index (χ0n) is 5.44. The third kappa shape index (κ3) is 1.54. The molecule has 0 N–H and O–H groups in total. The topological polar surface area (TPSA) is 42.9 Å². The van der Waals surface area contributed by atoms with E-state index in [1.807, 2.05) is 6.26 Å². The average molecular weight is 154 g/mol. The zero-order valence-corrected chi connectivity index (χ0v) is 6.26. The predicted octanol–water partition coefficient (Wildman–Crippen LogP) is 1.01. The summed E-state index contributed by atoms with van der Waals surface area (Å²) in [5, 5.41) is 0. The van der Waals surface area contributed by atoms with E-state index < -0.39 is 0 Å². The molecule has 0 fully saturated rings. The van der Waals surface area contributed by atoms with Crippen molar-refractivity contribution in [2.24, 2.45) is 0 Å². The molecule has 0 aliphatic rings. The molecule has 0 aliphatic heterocycles. The van der Waals surface area contributed by atoms with E-state index in [0.717, 1.165) is 4.90 Å². The normalized spacial score (nSPS) is 9.30. The van der Waals surface area contributed by atoms with Gasteiger partial charge in [0.25, 0.3) is 0 Å². The Labute approximate surface area is 62.9 Å². The van der Waals surface area contributed by atoms with Crippen molar-refractivity contribution in [3.05, 3.63) is 18.2 Å². The van der Waals surface area contributed by atoms with Gasteiger partial charge >= 0.3 is 0 Å². The SMILES string of the molecule is CSc1cnc(C=O)nc1. The fourth-order valence-corrected chi connectivity index (χ4v) is 0.809. The van der Waals surface area contributed by atoms with Crippen LogP contribution in [0.1, 0.15) is 10.6 Å². The number of hydrogen-bond acceptors (Lipinski definition) is 4. The maximum absolute atomic E-state index is 10.1. The van der Waals surface area contributed by atoms with Crippen LogP contribution in [0.5, 0.6) is 0 Å². The van der Waals surface area contributed by atoms with Gasteiger partial charge in [0.15, 0.2) is 12.1 Å². The van der Waals surface area contributed by atoms with E-state index in [4.69, 9.17) is 0 Å². The summed E-state index contributed by atoms with van der Waals surface area (Å²) in [5.41, 5.74) is 0. The van der Waals surface area contributed by atoms with E-state index in [1.54, 1.807) is 24.2 Å². The first kappa shape index (κ1) is 7.21. The number of carbonyl (C=O) groups excluding carboxylic acids is 1. The van der Waals surface area contributed by atoms with Crippen LogP contribution in [-0.4, -0.2) is 22.5 Å². The Kier molecular flexibility index (Phi) is 2.39. The van der Waals surface area contributed by atoms with E-state index in [-0.39, 0.29) is 5.82 Å². The molecule has 0 radical (unpaired) electrons. The second-order valence-corrected chi connectivity index (χ2v) is 2.48. The summed E-state index contributed by atoms with van der Waals surface area (Å²) in [4.78, 5) is 18.6. The standard InChI is InChI=1S/C6H6N2OS/c1-10-5-2-7-6(4-9)8-3-5/h2-4H,1H3. The lowest BCUT2D eigenvalue weighted by Crippen LogP contribution is -1.90. The maximum atomic E-state index is 10.1. The molecule has 10 heavy (non-hydrogen) atoms. The van der Waals surface area contributed by atoms with Crippen molar-refractivity contribution in [2.45, 2.75) is 4.90 Å². The molecule has 1 heterocycles. The summed E-state index contributed by atoms with van der Waals surface area (Å²) in [6.45, 7) is 0. The van der Waals surface area contributed by atoms with Crippen LogP contribution in [0.2, 0.25) is 0 Å². The minimum Gasteiger partial charge on any atom is -0.294 e. The molecular weight excluding hydrogens is 148 g/mol. The summed E-state index contributed by atoms with van der Waals surface area (Å²) >= 11 is 1.55. The Morgan fingerprint density at radius 3 is 2.50 bits per heavy atom. The van der Waals surface area contributed by atoms with Gasteiger partial charge in [-0.15, -0.1) is 11.8 Å². The van der Waals surface area contributed by atoms with Gasteiger partial charge in [-0.3, -0.25) is 4.79 Å². The first-order valence-corrected chi connectivity index (χ1v) is 3.90. The second-order valence-electron chi connectivity index (χ2n) is 1.60. The van der Waals surface area contributed by atoms with Crippen LogP contribution in [0.4, 0.5) is 0 Å². The second kappa shape index (κ2) is 3.31. The van der Waals surface area contributed by atoms with Gasteiger partial charge in [-0.05, 0) is 6.26 Å². The third-order valence-electron chi connectivity index (χ3n) is 0.989. The fourth-order valence-electron chi connectivity index (χ4n) is 0.492. The van der Waals surface area contributed by atoms with Gasteiger partial charge < -0.3 is 0 Å². The monoisotopic (exact) mass is 154 g/mol. The van der Waals surface area contributed by atoms with Gasteiger partial charge in [-0.1, -0.05) is 0 Å². The van der Waals surface area contributed by atoms with Crippen LogP contribution < -0.4 is 0 Å². The van der Waals surface area contributed by atoms with Crippen molar-refractivity contribution < 1.29 is 4.79 Å². The van der Waals surface area contributed by atoms with Gasteiger partial charge in [0, 0.05) is 17.3 Å². The molecule has 0 atom stereocenters. The van der Waals surface area contributed by atoms with Gasteiger partial charge in [-0.2, -0.15) is 0 Å². The molecule has 3 nitrogen and oxygen atoms in total. The minimum absolute atomic E-state index is 0.234. The average Bonchev–Trinajstić information content (AvgIpc) is 2.05. The molecule has 1 aromatic rings. The molecule has 0 amide bonds. The molecule has 52 valence electrons. The summed E-state index contributed by atoms with van der Waals surface area (Å²) in [6, 6.07) is 0. The first-order chi connectivity index (χ1) is 4.86. The molecule has 0 aliphatic carbocycles. The van der Waals surface area contributed by atoms with Crippen LogP contribution in [0, 0.1) is 0 Å². The van der Waals surface area contributed by atoms with E-state index >= 15 is 0 Å². The summed E-state index contributed by atoms with van der Waals surface area (Å²) in [7, 11) is 0. The predicted molar refractivity (Wildman–Crippen MR) is 39.2 cm³/mol. The number of aldehydes is 1. The lowest BCUT2D eigenvalue weighted by Gasteiger charge is -1.91. The van der Waals surface area contributed by atoms with E-state index in [2.05, 4.69) is 9.97 Å². The van der Waals surface area contributed by atoms with Gasteiger partial charge in [0.1, 0.15) is 0 Å². The van der Waals surface area contributed by atoms with E-state index in [9.17, 15) is 4.79 Å². The van der Waals surface area contributed by atoms with E-state index in [0.29, 0.717) is 6.29 Å². The van der Waals surface area contributed by atoms with Crippen LogP contribution in [0.25, 0.3) is 0 Å². The highest BCUT2D eigenvalue weighted by Crippen LogP contribution is 2.09. The number of rotatable bonds is 2. The highest BCUT2D eigenvalue weighted by molar-refractivity contribution is 7.98. The Hall–Kier alpha value is -0.900. The summed E-state index contributed by atoms with van der Waals surface area (Å²) < 4.78 is 0.